The molecule has 2 aliphatic rings. The van der Waals surface area contributed by atoms with Gasteiger partial charge in [-0.3, -0.25) is 4.79 Å². The van der Waals surface area contributed by atoms with Crippen molar-refractivity contribution in [2.45, 2.75) is 18.5 Å². The van der Waals surface area contributed by atoms with Gasteiger partial charge in [-0.2, -0.15) is 0 Å². The van der Waals surface area contributed by atoms with Crippen molar-refractivity contribution in [1.29, 1.82) is 0 Å². The number of amides is 1. The SMILES string of the molecule is CN1CCC(N2C(=O)COCC2CN)C1. The maximum absolute atomic E-state index is 11.8. The topological polar surface area (TPSA) is 58.8 Å². The Labute approximate surface area is 90.1 Å². The molecule has 0 saturated carbocycles. The van der Waals surface area contributed by atoms with Crippen LogP contribution in [0.3, 0.4) is 0 Å². The Morgan fingerprint density at radius 3 is 3.00 bits per heavy atom. The van der Waals surface area contributed by atoms with E-state index in [-0.39, 0.29) is 18.6 Å². The lowest BCUT2D eigenvalue weighted by Crippen LogP contribution is -2.57. The highest BCUT2D eigenvalue weighted by Gasteiger charge is 2.36. The molecule has 86 valence electrons. The third kappa shape index (κ3) is 2.14. The van der Waals surface area contributed by atoms with Gasteiger partial charge in [0.25, 0.3) is 0 Å². The van der Waals surface area contributed by atoms with E-state index < -0.39 is 0 Å². The summed E-state index contributed by atoms with van der Waals surface area (Å²) in [6.45, 7) is 3.32. The summed E-state index contributed by atoms with van der Waals surface area (Å²) in [7, 11) is 2.09. The second kappa shape index (κ2) is 4.47. The fourth-order valence-electron chi connectivity index (χ4n) is 2.46. The number of rotatable bonds is 2. The lowest BCUT2D eigenvalue weighted by molar-refractivity contribution is -0.150. The Balaban J connectivity index is 2.05. The van der Waals surface area contributed by atoms with Gasteiger partial charge in [0.05, 0.1) is 12.6 Å². The summed E-state index contributed by atoms with van der Waals surface area (Å²) in [6, 6.07) is 0.405. The van der Waals surface area contributed by atoms with Gasteiger partial charge < -0.3 is 20.3 Å². The monoisotopic (exact) mass is 213 g/mol. The van der Waals surface area contributed by atoms with Crippen LogP contribution in [-0.4, -0.2) is 67.7 Å². The summed E-state index contributed by atoms with van der Waals surface area (Å²) in [5, 5.41) is 0. The minimum Gasteiger partial charge on any atom is -0.369 e. The zero-order valence-electron chi connectivity index (χ0n) is 9.19. The third-order valence-electron chi connectivity index (χ3n) is 3.25. The summed E-state index contributed by atoms with van der Waals surface area (Å²) < 4.78 is 5.22. The highest BCUT2D eigenvalue weighted by atomic mass is 16.5. The quantitative estimate of drug-likeness (QED) is 0.631. The molecule has 5 nitrogen and oxygen atoms in total. The van der Waals surface area contributed by atoms with Crippen LogP contribution in [0.1, 0.15) is 6.42 Å². The van der Waals surface area contributed by atoms with Crippen LogP contribution in [0.5, 0.6) is 0 Å². The average Bonchev–Trinajstić information content (AvgIpc) is 2.64. The molecule has 2 rings (SSSR count). The van der Waals surface area contributed by atoms with Crippen LogP contribution in [0.2, 0.25) is 0 Å². The predicted molar refractivity (Wildman–Crippen MR) is 56.4 cm³/mol. The summed E-state index contributed by atoms with van der Waals surface area (Å²) in [4.78, 5) is 16.0. The van der Waals surface area contributed by atoms with Gasteiger partial charge in [0.15, 0.2) is 0 Å². The van der Waals surface area contributed by atoms with E-state index >= 15 is 0 Å². The Hall–Kier alpha value is -0.650. The van der Waals surface area contributed by atoms with Crippen molar-refractivity contribution in [3.05, 3.63) is 0 Å². The van der Waals surface area contributed by atoms with Crippen LogP contribution in [-0.2, 0) is 9.53 Å². The normalized spacial score (nSPS) is 33.7. The molecular weight excluding hydrogens is 194 g/mol. The van der Waals surface area contributed by atoms with Crippen molar-refractivity contribution < 1.29 is 9.53 Å². The molecule has 15 heavy (non-hydrogen) atoms. The van der Waals surface area contributed by atoms with Crippen LogP contribution in [0.25, 0.3) is 0 Å². The highest BCUT2D eigenvalue weighted by molar-refractivity contribution is 5.79. The van der Waals surface area contributed by atoms with Gasteiger partial charge in [-0.25, -0.2) is 0 Å². The number of likely N-dealkylation sites (tertiary alicyclic amines) is 1. The number of carbonyl (C=O) groups excluding carboxylic acids is 1. The molecule has 2 heterocycles. The van der Waals surface area contributed by atoms with E-state index in [9.17, 15) is 4.79 Å². The average molecular weight is 213 g/mol. The largest absolute Gasteiger partial charge is 0.369 e. The summed E-state index contributed by atoms with van der Waals surface area (Å²) in [6.07, 6.45) is 1.05. The summed E-state index contributed by atoms with van der Waals surface area (Å²) in [5.74, 6) is 0.0944. The minimum atomic E-state index is 0.0720. The first-order valence-corrected chi connectivity index (χ1v) is 5.50. The van der Waals surface area contributed by atoms with E-state index in [0.717, 1.165) is 19.5 Å². The zero-order valence-corrected chi connectivity index (χ0v) is 9.19. The maximum atomic E-state index is 11.8. The van der Waals surface area contributed by atoms with E-state index in [2.05, 4.69) is 11.9 Å². The van der Waals surface area contributed by atoms with Crippen molar-refractivity contribution in [2.24, 2.45) is 5.73 Å². The fraction of sp³-hybridized carbons (Fsp3) is 0.900. The standard InChI is InChI=1S/C10H19N3O2/c1-12-3-2-8(5-12)13-9(4-11)6-15-7-10(13)14/h8-9H,2-7,11H2,1H3. The Morgan fingerprint density at radius 1 is 1.60 bits per heavy atom. The van der Waals surface area contributed by atoms with Crippen molar-refractivity contribution in [1.82, 2.24) is 9.80 Å². The number of ether oxygens (including phenoxy) is 1. The van der Waals surface area contributed by atoms with Crippen LogP contribution < -0.4 is 5.73 Å². The molecule has 0 aromatic rings. The Bertz CT molecular complexity index is 247. The van der Waals surface area contributed by atoms with E-state index in [1.54, 1.807) is 0 Å². The number of carbonyl (C=O) groups is 1. The molecule has 2 atom stereocenters. The molecule has 0 bridgehead atoms. The molecular formula is C10H19N3O2. The molecule has 0 spiro atoms. The third-order valence-corrected chi connectivity index (χ3v) is 3.25. The first-order valence-electron chi connectivity index (χ1n) is 5.50. The number of hydrogen-bond donors (Lipinski definition) is 1. The Kier molecular flexibility index (Phi) is 3.23. The van der Waals surface area contributed by atoms with Gasteiger partial charge >= 0.3 is 0 Å². The molecule has 0 radical (unpaired) electrons. The van der Waals surface area contributed by atoms with Gasteiger partial charge in [-0.05, 0) is 20.0 Å². The fourth-order valence-corrected chi connectivity index (χ4v) is 2.46. The second-order valence-corrected chi connectivity index (χ2v) is 4.41. The van der Waals surface area contributed by atoms with E-state index in [1.807, 2.05) is 4.90 Å². The second-order valence-electron chi connectivity index (χ2n) is 4.41. The number of hydrogen-bond acceptors (Lipinski definition) is 4. The lowest BCUT2D eigenvalue weighted by Gasteiger charge is -2.39. The van der Waals surface area contributed by atoms with E-state index in [0.29, 0.717) is 19.2 Å². The van der Waals surface area contributed by atoms with Crippen molar-refractivity contribution >= 4 is 5.91 Å². The first-order chi connectivity index (χ1) is 7.22. The van der Waals surface area contributed by atoms with Gasteiger partial charge in [-0.15, -0.1) is 0 Å². The maximum Gasteiger partial charge on any atom is 0.249 e. The van der Waals surface area contributed by atoms with Gasteiger partial charge in [0.1, 0.15) is 6.61 Å². The number of likely N-dealkylation sites (N-methyl/N-ethyl adjacent to an activating group) is 1. The van der Waals surface area contributed by atoms with Gasteiger partial charge in [-0.1, -0.05) is 0 Å². The molecule has 0 aromatic heterocycles. The lowest BCUT2D eigenvalue weighted by atomic mass is 10.1. The molecule has 0 aromatic carbocycles. The number of morpholine rings is 1. The molecule has 1 amide bonds. The van der Waals surface area contributed by atoms with Crippen LogP contribution >= 0.6 is 0 Å². The van der Waals surface area contributed by atoms with E-state index in [4.69, 9.17) is 10.5 Å². The number of nitrogens with two attached hydrogens (primary N) is 1. The zero-order chi connectivity index (χ0) is 10.8. The number of nitrogens with zero attached hydrogens (tertiary/aromatic N) is 2. The van der Waals surface area contributed by atoms with Crippen molar-refractivity contribution in [3.8, 4) is 0 Å². The van der Waals surface area contributed by atoms with Crippen LogP contribution in [0.4, 0.5) is 0 Å². The van der Waals surface area contributed by atoms with E-state index in [1.165, 1.54) is 0 Å². The van der Waals surface area contributed by atoms with Crippen molar-refractivity contribution in [2.75, 3.05) is 39.9 Å². The summed E-state index contributed by atoms with van der Waals surface area (Å²) in [5.41, 5.74) is 5.67. The highest BCUT2D eigenvalue weighted by Crippen LogP contribution is 2.19. The van der Waals surface area contributed by atoms with Crippen LogP contribution in [0.15, 0.2) is 0 Å². The minimum absolute atomic E-state index is 0.0720. The predicted octanol–water partition coefficient (Wildman–Crippen LogP) is -1.12. The Morgan fingerprint density at radius 2 is 2.40 bits per heavy atom. The molecule has 2 unspecified atom stereocenters. The smallest absolute Gasteiger partial charge is 0.249 e. The molecule has 2 saturated heterocycles. The van der Waals surface area contributed by atoms with Crippen LogP contribution in [0, 0.1) is 0 Å². The van der Waals surface area contributed by atoms with Gasteiger partial charge in [0, 0.05) is 19.1 Å². The molecule has 2 fully saturated rings. The molecule has 5 heteroatoms. The molecule has 2 aliphatic heterocycles. The van der Waals surface area contributed by atoms with Crippen molar-refractivity contribution in [3.63, 3.8) is 0 Å². The first kappa shape index (κ1) is 10.9. The van der Waals surface area contributed by atoms with Gasteiger partial charge in [0.2, 0.25) is 5.91 Å². The summed E-state index contributed by atoms with van der Waals surface area (Å²) >= 11 is 0. The molecule has 0 aliphatic carbocycles. The molecule has 2 N–H and O–H groups in total.